The van der Waals surface area contributed by atoms with Crippen molar-refractivity contribution < 1.29 is 27.4 Å². The number of benzene rings is 2. The molecule has 0 radical (unpaired) electrons. The molecule has 0 amide bonds. The summed E-state index contributed by atoms with van der Waals surface area (Å²) in [7, 11) is -4.14. The van der Waals surface area contributed by atoms with Gasteiger partial charge in [-0.15, -0.1) is 0 Å². The fraction of sp³-hybridized carbons (Fsp3) is 0.200. The highest BCUT2D eigenvalue weighted by molar-refractivity contribution is 7.86. The van der Waals surface area contributed by atoms with Gasteiger partial charge in [-0.25, -0.2) is 0 Å². The largest absolute Gasteiger partial charge is 0.496 e. The van der Waals surface area contributed by atoms with Gasteiger partial charge in [0.25, 0.3) is 10.1 Å². The summed E-state index contributed by atoms with van der Waals surface area (Å²) >= 11 is 0. The van der Waals surface area contributed by atoms with Crippen LogP contribution in [0.4, 0.5) is 0 Å². The average Bonchev–Trinajstić information content (AvgIpc) is 2.53. The highest BCUT2D eigenvalue weighted by atomic mass is 32.2. The maximum atomic E-state index is 12.2. The Morgan fingerprint density at radius 3 is 2.30 bits per heavy atom. The highest BCUT2D eigenvalue weighted by Crippen LogP contribution is 2.21. The van der Waals surface area contributed by atoms with E-state index in [4.69, 9.17) is 8.92 Å². The van der Waals surface area contributed by atoms with Crippen LogP contribution in [0.15, 0.2) is 47.4 Å². The average molecular weight is 336 g/mol. The lowest BCUT2D eigenvalue weighted by atomic mass is 9.79. The molecular formula is C15H17BO6S. The summed E-state index contributed by atoms with van der Waals surface area (Å²) < 4.78 is 34.5. The Kier molecular flexibility index (Phi) is 5.43. The van der Waals surface area contributed by atoms with E-state index in [0.717, 1.165) is 5.56 Å². The third-order valence-corrected chi connectivity index (χ3v) is 4.56. The molecule has 2 aromatic carbocycles. The lowest BCUT2D eigenvalue weighted by Gasteiger charge is -2.11. The van der Waals surface area contributed by atoms with E-state index in [1.54, 1.807) is 12.1 Å². The summed E-state index contributed by atoms with van der Waals surface area (Å²) in [5.74, 6) is 0.397. The molecule has 6 nitrogen and oxygen atoms in total. The first-order valence-electron chi connectivity index (χ1n) is 6.82. The van der Waals surface area contributed by atoms with Crippen LogP contribution in [0.2, 0.25) is 0 Å². The minimum atomic E-state index is -3.91. The quantitative estimate of drug-likeness (QED) is 0.592. The number of aryl methyl sites for hydroxylation is 1. The molecule has 0 aliphatic heterocycles. The zero-order valence-electron chi connectivity index (χ0n) is 12.8. The molecule has 0 bridgehead atoms. The standard InChI is InChI=1S/C15H17BO6S/c1-11-3-6-14(7-4-11)23(19,20)22-10-12-9-13(16(17)18)5-8-15(12)21-2/h3-9,17-18H,10H2,1-2H3. The molecule has 2 aromatic rings. The molecule has 0 aromatic heterocycles. The first kappa shape index (κ1) is 17.5. The lowest BCUT2D eigenvalue weighted by Crippen LogP contribution is -2.30. The Labute approximate surface area is 135 Å². The molecule has 8 heteroatoms. The van der Waals surface area contributed by atoms with Gasteiger partial charge in [-0.05, 0) is 30.6 Å². The second-order valence-electron chi connectivity index (χ2n) is 4.97. The molecular weight excluding hydrogens is 319 g/mol. The Bertz CT molecular complexity index is 771. The monoisotopic (exact) mass is 336 g/mol. The molecule has 2 N–H and O–H groups in total. The molecule has 122 valence electrons. The van der Waals surface area contributed by atoms with E-state index in [0.29, 0.717) is 11.3 Å². The Morgan fingerprint density at radius 1 is 1.09 bits per heavy atom. The minimum Gasteiger partial charge on any atom is -0.496 e. The summed E-state index contributed by atoms with van der Waals surface area (Å²) in [6.07, 6.45) is 0. The van der Waals surface area contributed by atoms with Crippen molar-refractivity contribution >= 4 is 22.7 Å². The van der Waals surface area contributed by atoms with Crippen LogP contribution in [0.5, 0.6) is 5.75 Å². The van der Waals surface area contributed by atoms with Crippen molar-refractivity contribution in [1.29, 1.82) is 0 Å². The number of rotatable bonds is 6. The van der Waals surface area contributed by atoms with E-state index in [-0.39, 0.29) is 17.0 Å². The molecule has 0 aliphatic carbocycles. The second-order valence-corrected chi connectivity index (χ2v) is 6.59. The molecule has 2 rings (SSSR count). The van der Waals surface area contributed by atoms with Crippen LogP contribution in [-0.4, -0.2) is 32.7 Å². The molecule has 0 atom stereocenters. The third kappa shape index (κ3) is 4.32. The molecule has 0 fully saturated rings. The van der Waals surface area contributed by atoms with E-state index in [1.165, 1.54) is 37.4 Å². The van der Waals surface area contributed by atoms with Crippen molar-refractivity contribution in [1.82, 2.24) is 0 Å². The molecule has 0 heterocycles. The van der Waals surface area contributed by atoms with Gasteiger partial charge in [0, 0.05) is 5.56 Å². The van der Waals surface area contributed by atoms with Crippen LogP contribution in [-0.2, 0) is 20.9 Å². The summed E-state index contributed by atoms with van der Waals surface area (Å²) in [4.78, 5) is 0.0559. The van der Waals surface area contributed by atoms with Crippen molar-refractivity contribution in [3.05, 3.63) is 53.6 Å². The normalized spacial score (nSPS) is 11.3. The number of methoxy groups -OCH3 is 1. The number of hydrogen-bond donors (Lipinski definition) is 2. The Balaban J connectivity index is 2.22. The second kappa shape index (κ2) is 7.14. The van der Waals surface area contributed by atoms with Crippen LogP contribution in [0, 0.1) is 6.92 Å². The van der Waals surface area contributed by atoms with Crippen LogP contribution in [0.25, 0.3) is 0 Å². The topological polar surface area (TPSA) is 93.1 Å². The summed E-state index contributed by atoms with van der Waals surface area (Å²) in [6.45, 7) is 1.58. The Hall–Kier alpha value is -1.87. The number of ether oxygens (including phenoxy) is 1. The predicted octanol–water partition coefficient (Wildman–Crippen LogP) is 0.589. The van der Waals surface area contributed by atoms with E-state index in [9.17, 15) is 18.5 Å². The van der Waals surface area contributed by atoms with Crippen LogP contribution < -0.4 is 10.2 Å². The van der Waals surface area contributed by atoms with E-state index in [1.807, 2.05) is 6.92 Å². The van der Waals surface area contributed by atoms with Gasteiger partial charge in [0.15, 0.2) is 0 Å². The van der Waals surface area contributed by atoms with Crippen molar-refractivity contribution in [3.63, 3.8) is 0 Å². The van der Waals surface area contributed by atoms with Gasteiger partial charge in [0.2, 0.25) is 0 Å². The maximum Gasteiger partial charge on any atom is 0.488 e. The summed E-state index contributed by atoms with van der Waals surface area (Å²) in [6, 6.07) is 10.7. The van der Waals surface area contributed by atoms with Crippen molar-refractivity contribution in [2.75, 3.05) is 7.11 Å². The first-order valence-corrected chi connectivity index (χ1v) is 8.23. The van der Waals surface area contributed by atoms with E-state index in [2.05, 4.69) is 0 Å². The molecule has 0 spiro atoms. The molecule has 0 unspecified atom stereocenters. The summed E-state index contributed by atoms with van der Waals surface area (Å²) in [5.41, 5.74) is 1.56. The molecule has 0 aliphatic rings. The lowest BCUT2D eigenvalue weighted by molar-refractivity contribution is 0.299. The first-order chi connectivity index (χ1) is 10.8. The van der Waals surface area contributed by atoms with Gasteiger partial charge in [0.05, 0.1) is 18.6 Å². The zero-order chi connectivity index (χ0) is 17.0. The van der Waals surface area contributed by atoms with Gasteiger partial charge in [-0.3, -0.25) is 4.18 Å². The zero-order valence-corrected chi connectivity index (χ0v) is 13.6. The smallest absolute Gasteiger partial charge is 0.488 e. The predicted molar refractivity (Wildman–Crippen MR) is 86.0 cm³/mol. The van der Waals surface area contributed by atoms with E-state index >= 15 is 0 Å². The SMILES string of the molecule is COc1ccc(B(O)O)cc1COS(=O)(=O)c1ccc(C)cc1. The summed E-state index contributed by atoms with van der Waals surface area (Å²) in [5, 5.41) is 18.4. The highest BCUT2D eigenvalue weighted by Gasteiger charge is 2.18. The van der Waals surface area contributed by atoms with Gasteiger partial charge in [-0.2, -0.15) is 8.42 Å². The molecule has 23 heavy (non-hydrogen) atoms. The maximum absolute atomic E-state index is 12.2. The van der Waals surface area contributed by atoms with Gasteiger partial charge in [-0.1, -0.05) is 29.8 Å². The van der Waals surface area contributed by atoms with Crippen molar-refractivity contribution in [2.24, 2.45) is 0 Å². The molecule has 0 saturated heterocycles. The van der Waals surface area contributed by atoms with Crippen LogP contribution in [0.3, 0.4) is 0 Å². The van der Waals surface area contributed by atoms with E-state index < -0.39 is 17.2 Å². The van der Waals surface area contributed by atoms with Gasteiger partial charge < -0.3 is 14.8 Å². The third-order valence-electron chi connectivity index (χ3n) is 3.28. The fourth-order valence-electron chi connectivity index (χ4n) is 1.99. The van der Waals surface area contributed by atoms with Crippen molar-refractivity contribution in [3.8, 4) is 5.75 Å². The van der Waals surface area contributed by atoms with Crippen molar-refractivity contribution in [2.45, 2.75) is 18.4 Å². The Morgan fingerprint density at radius 2 is 1.74 bits per heavy atom. The minimum absolute atomic E-state index is 0.0559. The van der Waals surface area contributed by atoms with Crippen LogP contribution in [0.1, 0.15) is 11.1 Å². The van der Waals surface area contributed by atoms with Gasteiger partial charge >= 0.3 is 7.12 Å². The van der Waals surface area contributed by atoms with Crippen LogP contribution >= 0.6 is 0 Å². The number of hydrogen-bond acceptors (Lipinski definition) is 6. The molecule has 0 saturated carbocycles. The fourth-order valence-corrected chi connectivity index (χ4v) is 2.87. The van der Waals surface area contributed by atoms with Gasteiger partial charge in [0.1, 0.15) is 5.75 Å².